The van der Waals surface area contributed by atoms with Crippen LogP contribution in [0.3, 0.4) is 0 Å². The molecule has 20 heavy (non-hydrogen) atoms. The molecular weight excluding hydrogens is 254 g/mol. The van der Waals surface area contributed by atoms with Crippen LogP contribution in [0.25, 0.3) is 0 Å². The number of non-ortho nitro benzene ring substituents is 1. The van der Waals surface area contributed by atoms with Crippen LogP contribution in [0.2, 0.25) is 0 Å². The number of likely N-dealkylation sites (tertiary alicyclic amines) is 1. The molecule has 0 bridgehead atoms. The first-order chi connectivity index (χ1) is 9.52. The third-order valence-corrected chi connectivity index (χ3v) is 4.42. The monoisotopic (exact) mass is 277 g/mol. The highest BCUT2D eigenvalue weighted by atomic mass is 16.6. The van der Waals surface area contributed by atoms with Crippen molar-refractivity contribution >= 4 is 5.69 Å². The number of hydrogen-bond acceptors (Lipinski definition) is 4. The van der Waals surface area contributed by atoms with Crippen LogP contribution in [0, 0.1) is 16.0 Å². The van der Waals surface area contributed by atoms with Crippen molar-refractivity contribution in [3.05, 3.63) is 39.9 Å². The smallest absolute Gasteiger partial charge is 0.269 e. The van der Waals surface area contributed by atoms with E-state index in [2.05, 4.69) is 18.7 Å². The van der Waals surface area contributed by atoms with Crippen molar-refractivity contribution in [3.63, 3.8) is 0 Å². The van der Waals surface area contributed by atoms with Crippen LogP contribution >= 0.6 is 0 Å². The Morgan fingerprint density at radius 3 is 2.90 bits per heavy atom. The molecule has 0 aliphatic carbocycles. The molecule has 1 aliphatic rings. The highest BCUT2D eigenvalue weighted by Crippen LogP contribution is 2.31. The van der Waals surface area contributed by atoms with E-state index in [1.54, 1.807) is 18.2 Å². The minimum absolute atomic E-state index is 0.161. The van der Waals surface area contributed by atoms with Gasteiger partial charge >= 0.3 is 0 Å². The second kappa shape index (κ2) is 6.33. The van der Waals surface area contributed by atoms with Gasteiger partial charge in [-0.2, -0.15) is 0 Å². The zero-order valence-electron chi connectivity index (χ0n) is 12.2. The second-order valence-electron chi connectivity index (χ2n) is 5.75. The number of nitrogens with zero attached hydrogens (tertiary/aromatic N) is 2. The molecule has 110 valence electrons. The number of nitro benzene ring substituents is 1. The summed E-state index contributed by atoms with van der Waals surface area (Å²) in [6.07, 6.45) is 2.32. The highest BCUT2D eigenvalue weighted by Gasteiger charge is 2.29. The number of benzene rings is 1. The molecule has 0 spiro atoms. The van der Waals surface area contributed by atoms with Gasteiger partial charge in [0.05, 0.1) is 4.92 Å². The quantitative estimate of drug-likeness (QED) is 0.678. The summed E-state index contributed by atoms with van der Waals surface area (Å²) in [5.41, 5.74) is 6.96. The van der Waals surface area contributed by atoms with Crippen molar-refractivity contribution in [2.24, 2.45) is 11.7 Å². The molecule has 1 heterocycles. The van der Waals surface area contributed by atoms with Crippen LogP contribution in [0.5, 0.6) is 0 Å². The molecule has 2 rings (SSSR count). The van der Waals surface area contributed by atoms with Gasteiger partial charge in [0.15, 0.2) is 0 Å². The molecular formula is C15H23N3O2. The summed E-state index contributed by atoms with van der Waals surface area (Å²) in [4.78, 5) is 13.0. The number of piperidine rings is 1. The molecule has 3 unspecified atom stereocenters. The summed E-state index contributed by atoms with van der Waals surface area (Å²) in [5, 5.41) is 10.9. The Labute approximate surface area is 119 Å². The molecule has 3 atom stereocenters. The predicted octanol–water partition coefficient (Wildman–Crippen LogP) is 2.72. The Morgan fingerprint density at radius 2 is 2.25 bits per heavy atom. The van der Waals surface area contributed by atoms with Crippen molar-refractivity contribution < 1.29 is 4.92 Å². The molecule has 1 saturated heterocycles. The summed E-state index contributed by atoms with van der Waals surface area (Å²) in [7, 11) is 0. The summed E-state index contributed by atoms with van der Waals surface area (Å²) < 4.78 is 0. The lowest BCUT2D eigenvalue weighted by Gasteiger charge is -2.41. The Hall–Kier alpha value is -1.46. The van der Waals surface area contributed by atoms with Crippen LogP contribution in [-0.4, -0.2) is 29.0 Å². The predicted molar refractivity (Wildman–Crippen MR) is 79.5 cm³/mol. The number of hydrogen-bond donors (Lipinski definition) is 1. The molecule has 0 radical (unpaired) electrons. The zero-order valence-corrected chi connectivity index (χ0v) is 12.2. The molecule has 1 aliphatic heterocycles. The van der Waals surface area contributed by atoms with Crippen LogP contribution in [-0.2, 0) is 0 Å². The van der Waals surface area contributed by atoms with Crippen molar-refractivity contribution in [1.29, 1.82) is 0 Å². The fourth-order valence-electron chi connectivity index (χ4n) is 3.03. The van der Waals surface area contributed by atoms with E-state index in [9.17, 15) is 10.1 Å². The van der Waals surface area contributed by atoms with Gasteiger partial charge in [0, 0.05) is 30.8 Å². The van der Waals surface area contributed by atoms with E-state index >= 15 is 0 Å². The van der Waals surface area contributed by atoms with Gasteiger partial charge in [0.25, 0.3) is 5.69 Å². The van der Waals surface area contributed by atoms with Crippen molar-refractivity contribution in [1.82, 2.24) is 4.90 Å². The van der Waals surface area contributed by atoms with Gasteiger partial charge < -0.3 is 5.73 Å². The topological polar surface area (TPSA) is 72.4 Å². The average molecular weight is 277 g/mol. The van der Waals surface area contributed by atoms with Crippen molar-refractivity contribution in [3.8, 4) is 0 Å². The number of nitro groups is 1. The van der Waals surface area contributed by atoms with Crippen LogP contribution < -0.4 is 5.73 Å². The third-order valence-electron chi connectivity index (χ3n) is 4.42. The van der Waals surface area contributed by atoms with Gasteiger partial charge in [-0.1, -0.05) is 12.1 Å². The molecule has 0 amide bonds. The number of rotatable bonds is 4. The summed E-state index contributed by atoms with van der Waals surface area (Å²) in [5.74, 6) is 0.535. The molecule has 1 aromatic carbocycles. The lowest BCUT2D eigenvalue weighted by Crippen LogP contribution is -2.44. The lowest BCUT2D eigenvalue weighted by molar-refractivity contribution is -0.385. The highest BCUT2D eigenvalue weighted by molar-refractivity contribution is 5.35. The maximum Gasteiger partial charge on any atom is 0.269 e. The van der Waals surface area contributed by atoms with E-state index in [0.29, 0.717) is 18.5 Å². The third kappa shape index (κ3) is 3.16. The molecule has 5 heteroatoms. The number of nitrogens with two attached hydrogens (primary N) is 1. The first-order valence-electron chi connectivity index (χ1n) is 7.23. The standard InChI is InChI=1S/C15H23N3O2/c1-11-6-7-13(9-16)10-17(11)12(2)14-4-3-5-15(8-14)18(19)20/h3-5,8,11-13H,6-7,9-10,16H2,1-2H3. The Morgan fingerprint density at radius 1 is 1.50 bits per heavy atom. The molecule has 1 aromatic rings. The summed E-state index contributed by atoms with van der Waals surface area (Å²) >= 11 is 0. The van der Waals surface area contributed by atoms with Crippen LogP contribution in [0.4, 0.5) is 5.69 Å². The maximum atomic E-state index is 10.9. The van der Waals surface area contributed by atoms with E-state index in [1.807, 2.05) is 6.07 Å². The van der Waals surface area contributed by atoms with Gasteiger partial charge in [0.2, 0.25) is 0 Å². The van der Waals surface area contributed by atoms with Crippen molar-refractivity contribution in [2.45, 2.75) is 38.8 Å². The molecule has 0 saturated carbocycles. The van der Waals surface area contributed by atoms with Gasteiger partial charge in [-0.15, -0.1) is 0 Å². The van der Waals surface area contributed by atoms with Gasteiger partial charge in [-0.05, 0) is 44.7 Å². The maximum absolute atomic E-state index is 10.9. The van der Waals surface area contributed by atoms with Crippen LogP contribution in [0.15, 0.2) is 24.3 Å². The van der Waals surface area contributed by atoms with Crippen molar-refractivity contribution in [2.75, 3.05) is 13.1 Å². The van der Waals surface area contributed by atoms with E-state index in [4.69, 9.17) is 5.73 Å². The zero-order chi connectivity index (χ0) is 14.7. The van der Waals surface area contributed by atoms with Gasteiger partial charge in [-0.3, -0.25) is 15.0 Å². The summed E-state index contributed by atoms with van der Waals surface area (Å²) in [6, 6.07) is 7.63. The fraction of sp³-hybridized carbons (Fsp3) is 0.600. The molecule has 0 aromatic heterocycles. The molecule has 2 N–H and O–H groups in total. The Balaban J connectivity index is 2.18. The fourth-order valence-corrected chi connectivity index (χ4v) is 3.03. The van der Waals surface area contributed by atoms with Crippen LogP contribution in [0.1, 0.15) is 38.3 Å². The largest absolute Gasteiger partial charge is 0.330 e. The first kappa shape index (κ1) is 14.9. The SMILES string of the molecule is CC1CCC(CN)CN1C(C)c1cccc([N+](=O)[O-])c1. The van der Waals surface area contributed by atoms with Gasteiger partial charge in [0.1, 0.15) is 0 Å². The van der Waals surface area contributed by atoms with E-state index < -0.39 is 0 Å². The average Bonchev–Trinajstić information content (AvgIpc) is 2.47. The Bertz CT molecular complexity index is 478. The van der Waals surface area contributed by atoms with E-state index in [1.165, 1.54) is 6.42 Å². The first-order valence-corrected chi connectivity index (χ1v) is 7.23. The minimum atomic E-state index is -0.335. The molecule has 5 nitrogen and oxygen atoms in total. The molecule has 1 fully saturated rings. The second-order valence-corrected chi connectivity index (χ2v) is 5.75. The lowest BCUT2D eigenvalue weighted by atomic mass is 9.91. The summed E-state index contributed by atoms with van der Waals surface area (Å²) in [6.45, 7) is 6.03. The van der Waals surface area contributed by atoms with Gasteiger partial charge in [-0.25, -0.2) is 0 Å². The van der Waals surface area contributed by atoms with E-state index in [0.717, 1.165) is 18.5 Å². The Kier molecular flexibility index (Phi) is 4.73. The minimum Gasteiger partial charge on any atom is -0.330 e. The van der Waals surface area contributed by atoms with E-state index in [-0.39, 0.29) is 16.7 Å². The normalized spacial score (nSPS) is 25.4.